The third-order valence-electron chi connectivity index (χ3n) is 3.97. The number of benzene rings is 1. The van der Waals surface area contributed by atoms with Gasteiger partial charge in [0, 0.05) is 18.9 Å². The van der Waals surface area contributed by atoms with Gasteiger partial charge in [0.25, 0.3) is 0 Å². The fraction of sp³-hybridized carbons (Fsp3) is 0.600. The van der Waals surface area contributed by atoms with Gasteiger partial charge in [-0.05, 0) is 56.0 Å². The SMILES string of the molecule is CNC(c1cc(C)cc(F)c1)C1CCC(F)(F)CC1. The molecule has 1 atom stereocenters. The molecule has 1 aliphatic rings. The van der Waals surface area contributed by atoms with Crippen molar-refractivity contribution in [3.63, 3.8) is 0 Å². The second kappa shape index (κ2) is 5.53. The van der Waals surface area contributed by atoms with Gasteiger partial charge in [0.1, 0.15) is 5.82 Å². The van der Waals surface area contributed by atoms with E-state index in [1.807, 2.05) is 13.0 Å². The third kappa shape index (κ3) is 3.50. The van der Waals surface area contributed by atoms with Crippen LogP contribution in [-0.2, 0) is 0 Å². The molecular formula is C15H20F3N. The van der Waals surface area contributed by atoms with Crippen LogP contribution in [0.4, 0.5) is 13.2 Å². The molecule has 0 amide bonds. The molecule has 0 saturated heterocycles. The van der Waals surface area contributed by atoms with Gasteiger partial charge in [-0.3, -0.25) is 0 Å². The van der Waals surface area contributed by atoms with Crippen molar-refractivity contribution in [2.24, 2.45) is 5.92 Å². The molecular weight excluding hydrogens is 251 g/mol. The Morgan fingerprint density at radius 3 is 2.37 bits per heavy atom. The van der Waals surface area contributed by atoms with Crippen LogP contribution >= 0.6 is 0 Å². The van der Waals surface area contributed by atoms with Crippen molar-refractivity contribution in [1.82, 2.24) is 5.32 Å². The van der Waals surface area contributed by atoms with E-state index in [0.29, 0.717) is 12.8 Å². The molecule has 1 unspecified atom stereocenters. The van der Waals surface area contributed by atoms with Crippen molar-refractivity contribution in [2.75, 3.05) is 7.05 Å². The fourth-order valence-electron chi connectivity index (χ4n) is 3.01. The van der Waals surface area contributed by atoms with Crippen LogP contribution in [0.1, 0.15) is 42.9 Å². The van der Waals surface area contributed by atoms with Gasteiger partial charge in [-0.2, -0.15) is 0 Å². The lowest BCUT2D eigenvalue weighted by atomic mass is 9.79. The van der Waals surface area contributed by atoms with Crippen LogP contribution in [0.3, 0.4) is 0 Å². The molecule has 0 heterocycles. The molecule has 19 heavy (non-hydrogen) atoms. The average Bonchev–Trinajstić information content (AvgIpc) is 2.31. The maximum atomic E-state index is 13.5. The lowest BCUT2D eigenvalue weighted by molar-refractivity contribution is -0.0495. The van der Waals surface area contributed by atoms with E-state index >= 15 is 0 Å². The van der Waals surface area contributed by atoms with Crippen LogP contribution in [0.15, 0.2) is 18.2 Å². The Morgan fingerprint density at radius 1 is 1.21 bits per heavy atom. The van der Waals surface area contributed by atoms with Gasteiger partial charge in [0.05, 0.1) is 0 Å². The highest BCUT2D eigenvalue weighted by Crippen LogP contribution is 2.41. The van der Waals surface area contributed by atoms with Gasteiger partial charge in [-0.25, -0.2) is 13.2 Å². The van der Waals surface area contributed by atoms with Crippen molar-refractivity contribution in [3.05, 3.63) is 35.1 Å². The molecule has 1 fully saturated rings. The van der Waals surface area contributed by atoms with E-state index < -0.39 is 5.92 Å². The lowest BCUT2D eigenvalue weighted by Gasteiger charge is -2.34. The zero-order valence-corrected chi connectivity index (χ0v) is 11.3. The van der Waals surface area contributed by atoms with Crippen LogP contribution in [0.25, 0.3) is 0 Å². The summed E-state index contributed by atoms with van der Waals surface area (Å²) >= 11 is 0. The van der Waals surface area contributed by atoms with E-state index in [2.05, 4.69) is 5.32 Å². The minimum atomic E-state index is -2.52. The Morgan fingerprint density at radius 2 is 1.84 bits per heavy atom. The second-order valence-electron chi connectivity index (χ2n) is 5.52. The van der Waals surface area contributed by atoms with Gasteiger partial charge in [-0.1, -0.05) is 6.07 Å². The molecule has 0 spiro atoms. The van der Waals surface area contributed by atoms with E-state index in [9.17, 15) is 13.2 Å². The first kappa shape index (κ1) is 14.4. The maximum absolute atomic E-state index is 13.5. The molecule has 0 aromatic heterocycles. The zero-order valence-electron chi connectivity index (χ0n) is 11.3. The predicted octanol–water partition coefficient (Wildman–Crippen LogP) is 4.22. The van der Waals surface area contributed by atoms with Crippen molar-refractivity contribution >= 4 is 0 Å². The van der Waals surface area contributed by atoms with Crippen molar-refractivity contribution in [2.45, 2.75) is 44.6 Å². The van der Waals surface area contributed by atoms with Crippen LogP contribution in [-0.4, -0.2) is 13.0 Å². The second-order valence-corrected chi connectivity index (χ2v) is 5.52. The van der Waals surface area contributed by atoms with Gasteiger partial charge >= 0.3 is 0 Å². The van der Waals surface area contributed by atoms with Crippen LogP contribution < -0.4 is 5.32 Å². The maximum Gasteiger partial charge on any atom is 0.248 e. The van der Waals surface area contributed by atoms with E-state index in [0.717, 1.165) is 11.1 Å². The van der Waals surface area contributed by atoms with Crippen molar-refractivity contribution in [3.8, 4) is 0 Å². The van der Waals surface area contributed by atoms with Crippen molar-refractivity contribution in [1.29, 1.82) is 0 Å². The Labute approximate surface area is 112 Å². The number of aryl methyl sites for hydroxylation is 1. The quantitative estimate of drug-likeness (QED) is 0.868. The Kier molecular flexibility index (Phi) is 4.19. The molecule has 0 radical (unpaired) electrons. The summed E-state index contributed by atoms with van der Waals surface area (Å²) < 4.78 is 39.9. The molecule has 0 bridgehead atoms. The summed E-state index contributed by atoms with van der Waals surface area (Å²) in [5, 5.41) is 3.16. The minimum absolute atomic E-state index is 0.0505. The standard InChI is InChI=1S/C15H20F3N/c1-10-7-12(9-13(16)8-10)14(19-2)11-3-5-15(17,18)6-4-11/h7-9,11,14,19H,3-6H2,1-2H3. The fourth-order valence-corrected chi connectivity index (χ4v) is 3.01. The summed E-state index contributed by atoms with van der Waals surface area (Å²) in [6.07, 6.45) is 0.830. The molecule has 0 aliphatic heterocycles. The largest absolute Gasteiger partial charge is 0.313 e. The Balaban J connectivity index is 2.16. The lowest BCUT2D eigenvalue weighted by Crippen LogP contribution is -2.32. The number of hydrogen-bond acceptors (Lipinski definition) is 1. The Hall–Kier alpha value is -1.03. The van der Waals surface area contributed by atoms with Gasteiger partial charge in [0.15, 0.2) is 0 Å². The first-order chi connectivity index (χ1) is 8.91. The molecule has 1 aromatic carbocycles. The summed E-state index contributed by atoms with van der Waals surface area (Å²) in [5.41, 5.74) is 1.71. The average molecular weight is 271 g/mol. The Bertz CT molecular complexity index is 415. The monoisotopic (exact) mass is 271 g/mol. The van der Waals surface area contributed by atoms with Gasteiger partial charge in [-0.15, -0.1) is 0 Å². The number of hydrogen-bond donors (Lipinski definition) is 1. The van der Waals surface area contributed by atoms with E-state index in [-0.39, 0.29) is 30.6 Å². The molecule has 1 aromatic rings. The molecule has 4 heteroatoms. The summed E-state index contributed by atoms with van der Waals surface area (Å²) in [7, 11) is 1.80. The topological polar surface area (TPSA) is 12.0 Å². The first-order valence-electron chi connectivity index (χ1n) is 6.73. The highest BCUT2D eigenvalue weighted by molar-refractivity contribution is 5.27. The number of alkyl halides is 2. The molecule has 1 saturated carbocycles. The van der Waals surface area contributed by atoms with E-state index in [1.165, 1.54) is 12.1 Å². The van der Waals surface area contributed by atoms with E-state index in [4.69, 9.17) is 0 Å². The third-order valence-corrected chi connectivity index (χ3v) is 3.97. The first-order valence-corrected chi connectivity index (χ1v) is 6.73. The normalized spacial score (nSPS) is 21.3. The zero-order chi connectivity index (χ0) is 14.0. The van der Waals surface area contributed by atoms with Crippen LogP contribution in [0.5, 0.6) is 0 Å². The molecule has 1 aliphatic carbocycles. The van der Waals surface area contributed by atoms with Gasteiger partial charge in [0.2, 0.25) is 5.92 Å². The predicted molar refractivity (Wildman–Crippen MR) is 69.8 cm³/mol. The number of nitrogens with one attached hydrogen (secondary N) is 1. The summed E-state index contributed by atoms with van der Waals surface area (Å²) in [5.74, 6) is -2.64. The highest BCUT2D eigenvalue weighted by atomic mass is 19.3. The van der Waals surface area contributed by atoms with Crippen LogP contribution in [0.2, 0.25) is 0 Å². The minimum Gasteiger partial charge on any atom is -0.313 e. The van der Waals surface area contributed by atoms with E-state index in [1.54, 1.807) is 7.05 Å². The van der Waals surface area contributed by atoms with Gasteiger partial charge < -0.3 is 5.32 Å². The number of rotatable bonds is 3. The molecule has 1 nitrogen and oxygen atoms in total. The van der Waals surface area contributed by atoms with Crippen molar-refractivity contribution < 1.29 is 13.2 Å². The highest BCUT2D eigenvalue weighted by Gasteiger charge is 2.37. The summed E-state index contributed by atoms with van der Waals surface area (Å²) in [6.45, 7) is 1.84. The molecule has 1 N–H and O–H groups in total. The number of halogens is 3. The molecule has 2 rings (SSSR count). The summed E-state index contributed by atoms with van der Waals surface area (Å²) in [4.78, 5) is 0. The smallest absolute Gasteiger partial charge is 0.248 e. The van der Waals surface area contributed by atoms with Crippen LogP contribution in [0, 0.1) is 18.7 Å². The molecule has 106 valence electrons. The summed E-state index contributed by atoms with van der Waals surface area (Å²) in [6, 6.07) is 4.86.